The predicted octanol–water partition coefficient (Wildman–Crippen LogP) is 3.99. The summed E-state index contributed by atoms with van der Waals surface area (Å²) >= 11 is 0. The first-order chi connectivity index (χ1) is 12.0. The van der Waals surface area contributed by atoms with Crippen LogP contribution in [0.2, 0.25) is 0 Å². The van der Waals surface area contributed by atoms with Crippen molar-refractivity contribution in [1.29, 1.82) is 0 Å². The lowest BCUT2D eigenvalue weighted by molar-refractivity contribution is 0.0940. The van der Waals surface area contributed by atoms with Gasteiger partial charge in [-0.1, -0.05) is 6.07 Å². The number of amides is 1. The number of nitrogens with one attached hydrogen (secondary N) is 2. The molecule has 0 fully saturated rings. The molecule has 4 nitrogen and oxygen atoms in total. The van der Waals surface area contributed by atoms with Crippen molar-refractivity contribution in [2.24, 2.45) is 0 Å². The fourth-order valence-corrected chi connectivity index (χ4v) is 2.43. The van der Waals surface area contributed by atoms with Crippen molar-refractivity contribution >= 4 is 5.91 Å². The maximum Gasteiger partial charge on any atom is 0.255 e. The standard InChI is InChI=1S/C18H14F3N3O/c1-10(12-4-7-15(20)16(21)8-12)23-18(25)14-9-22-24-17(14)11-2-5-13(19)6-3-11/h2-10H,1H3,(H,22,24)(H,23,25). The van der Waals surface area contributed by atoms with Gasteiger partial charge in [0.25, 0.3) is 5.91 Å². The molecule has 0 saturated carbocycles. The third kappa shape index (κ3) is 3.55. The van der Waals surface area contributed by atoms with Gasteiger partial charge in [-0.15, -0.1) is 0 Å². The highest BCUT2D eigenvalue weighted by atomic mass is 19.2. The van der Waals surface area contributed by atoms with E-state index in [9.17, 15) is 18.0 Å². The molecule has 1 heterocycles. The molecule has 0 saturated heterocycles. The molecule has 128 valence electrons. The van der Waals surface area contributed by atoms with E-state index < -0.39 is 23.6 Å². The number of benzene rings is 2. The number of H-pyrrole nitrogens is 1. The molecule has 0 bridgehead atoms. The summed E-state index contributed by atoms with van der Waals surface area (Å²) < 4.78 is 39.4. The summed E-state index contributed by atoms with van der Waals surface area (Å²) in [6.45, 7) is 1.65. The van der Waals surface area contributed by atoms with Crippen LogP contribution in [-0.4, -0.2) is 16.1 Å². The van der Waals surface area contributed by atoms with Gasteiger partial charge in [0.05, 0.1) is 23.5 Å². The molecule has 0 spiro atoms. The van der Waals surface area contributed by atoms with E-state index >= 15 is 0 Å². The largest absolute Gasteiger partial charge is 0.345 e. The van der Waals surface area contributed by atoms with Gasteiger partial charge in [0.15, 0.2) is 11.6 Å². The Balaban J connectivity index is 1.81. The number of hydrogen-bond acceptors (Lipinski definition) is 2. The fraction of sp³-hybridized carbons (Fsp3) is 0.111. The molecule has 1 unspecified atom stereocenters. The van der Waals surface area contributed by atoms with Crippen molar-refractivity contribution in [2.45, 2.75) is 13.0 Å². The molecule has 7 heteroatoms. The van der Waals surface area contributed by atoms with Gasteiger partial charge in [-0.2, -0.15) is 5.10 Å². The molecule has 3 rings (SSSR count). The van der Waals surface area contributed by atoms with Gasteiger partial charge in [-0.05, 0) is 48.9 Å². The summed E-state index contributed by atoms with van der Waals surface area (Å²) in [4.78, 5) is 12.5. The average Bonchev–Trinajstić information content (AvgIpc) is 3.07. The lowest BCUT2D eigenvalue weighted by atomic mass is 10.1. The second-order valence-electron chi connectivity index (χ2n) is 5.53. The molecule has 0 aliphatic carbocycles. The van der Waals surface area contributed by atoms with Gasteiger partial charge in [0, 0.05) is 5.56 Å². The molecule has 3 aromatic rings. The third-order valence-electron chi connectivity index (χ3n) is 3.81. The van der Waals surface area contributed by atoms with Crippen molar-refractivity contribution in [2.75, 3.05) is 0 Å². The second-order valence-corrected chi connectivity index (χ2v) is 5.53. The van der Waals surface area contributed by atoms with Crippen LogP contribution in [0, 0.1) is 17.5 Å². The Morgan fingerprint density at radius 2 is 1.80 bits per heavy atom. The lowest BCUT2D eigenvalue weighted by Gasteiger charge is -2.14. The van der Waals surface area contributed by atoms with E-state index in [1.807, 2.05) is 0 Å². The highest BCUT2D eigenvalue weighted by molar-refractivity contribution is 5.99. The van der Waals surface area contributed by atoms with E-state index in [4.69, 9.17) is 0 Å². The molecule has 2 aromatic carbocycles. The van der Waals surface area contributed by atoms with Crippen LogP contribution in [-0.2, 0) is 0 Å². The van der Waals surface area contributed by atoms with Crippen LogP contribution in [0.1, 0.15) is 28.9 Å². The number of carbonyl (C=O) groups excluding carboxylic acids is 1. The van der Waals surface area contributed by atoms with Crippen molar-refractivity contribution in [3.63, 3.8) is 0 Å². The minimum Gasteiger partial charge on any atom is -0.345 e. The number of hydrogen-bond donors (Lipinski definition) is 2. The first-order valence-corrected chi connectivity index (χ1v) is 7.51. The molecule has 0 aliphatic heterocycles. The molecule has 1 aromatic heterocycles. The Hall–Kier alpha value is -3.09. The van der Waals surface area contributed by atoms with Crippen LogP contribution in [0.4, 0.5) is 13.2 Å². The van der Waals surface area contributed by atoms with E-state index in [0.29, 0.717) is 16.8 Å². The van der Waals surface area contributed by atoms with Crippen molar-refractivity contribution in [1.82, 2.24) is 15.5 Å². The molecular formula is C18H14F3N3O. The summed E-state index contributed by atoms with van der Waals surface area (Å²) in [6, 6.07) is 8.52. The van der Waals surface area contributed by atoms with E-state index in [1.165, 1.54) is 36.5 Å². The van der Waals surface area contributed by atoms with Crippen LogP contribution < -0.4 is 5.32 Å². The van der Waals surface area contributed by atoms with Crippen molar-refractivity contribution in [3.8, 4) is 11.3 Å². The average molecular weight is 345 g/mol. The number of carbonyl (C=O) groups is 1. The maximum absolute atomic E-state index is 13.3. The minimum absolute atomic E-state index is 0.265. The molecule has 0 aliphatic rings. The van der Waals surface area contributed by atoms with E-state index in [2.05, 4.69) is 15.5 Å². The molecule has 0 radical (unpaired) electrons. The monoisotopic (exact) mass is 345 g/mol. The lowest BCUT2D eigenvalue weighted by Crippen LogP contribution is -2.26. The van der Waals surface area contributed by atoms with Crippen LogP contribution in [0.15, 0.2) is 48.7 Å². The first kappa shape index (κ1) is 16.8. The number of aromatic nitrogens is 2. The molecule has 25 heavy (non-hydrogen) atoms. The Morgan fingerprint density at radius 1 is 1.08 bits per heavy atom. The Morgan fingerprint density at radius 3 is 2.48 bits per heavy atom. The normalized spacial score (nSPS) is 12.0. The van der Waals surface area contributed by atoms with Crippen molar-refractivity contribution in [3.05, 3.63) is 77.2 Å². The zero-order valence-electron chi connectivity index (χ0n) is 13.2. The summed E-state index contributed by atoms with van der Waals surface area (Å²) in [6.07, 6.45) is 1.35. The molecule has 1 amide bonds. The van der Waals surface area contributed by atoms with Crippen molar-refractivity contribution < 1.29 is 18.0 Å². The topological polar surface area (TPSA) is 57.8 Å². The zero-order valence-corrected chi connectivity index (χ0v) is 13.2. The summed E-state index contributed by atoms with van der Waals surface area (Å²) in [7, 11) is 0. The van der Waals surface area contributed by atoms with Gasteiger partial charge in [-0.25, -0.2) is 13.2 Å². The first-order valence-electron chi connectivity index (χ1n) is 7.51. The molecule has 1 atom stereocenters. The number of aromatic amines is 1. The van der Waals surface area contributed by atoms with Crippen LogP contribution in [0.5, 0.6) is 0 Å². The molecule has 2 N–H and O–H groups in total. The van der Waals surface area contributed by atoms with E-state index in [0.717, 1.165) is 12.1 Å². The van der Waals surface area contributed by atoms with E-state index in [1.54, 1.807) is 6.92 Å². The van der Waals surface area contributed by atoms with Gasteiger partial charge in [0.2, 0.25) is 0 Å². The Bertz CT molecular complexity index is 906. The highest BCUT2D eigenvalue weighted by Crippen LogP contribution is 2.23. The second kappa shape index (κ2) is 6.80. The van der Waals surface area contributed by atoms with Gasteiger partial charge in [-0.3, -0.25) is 9.89 Å². The summed E-state index contributed by atoms with van der Waals surface area (Å²) in [5, 5.41) is 9.27. The quantitative estimate of drug-likeness (QED) is 0.751. The van der Waals surface area contributed by atoms with Crippen LogP contribution in [0.3, 0.4) is 0 Å². The highest BCUT2D eigenvalue weighted by Gasteiger charge is 2.18. The maximum atomic E-state index is 13.3. The smallest absolute Gasteiger partial charge is 0.255 e. The third-order valence-corrected chi connectivity index (χ3v) is 3.81. The Kier molecular flexibility index (Phi) is 4.56. The van der Waals surface area contributed by atoms with Crippen LogP contribution in [0.25, 0.3) is 11.3 Å². The molecular weight excluding hydrogens is 331 g/mol. The zero-order chi connectivity index (χ0) is 18.0. The fourth-order valence-electron chi connectivity index (χ4n) is 2.43. The predicted molar refractivity (Wildman–Crippen MR) is 86.2 cm³/mol. The Labute approximate surface area is 141 Å². The van der Waals surface area contributed by atoms with Gasteiger partial charge in [0.1, 0.15) is 5.82 Å². The van der Waals surface area contributed by atoms with Crippen LogP contribution >= 0.6 is 0 Å². The summed E-state index contributed by atoms with van der Waals surface area (Å²) in [5.41, 5.74) is 1.74. The van der Waals surface area contributed by atoms with Gasteiger partial charge >= 0.3 is 0 Å². The van der Waals surface area contributed by atoms with Gasteiger partial charge < -0.3 is 5.32 Å². The number of nitrogens with zero attached hydrogens (tertiary/aromatic N) is 1. The number of halogens is 3. The SMILES string of the molecule is CC(NC(=O)c1cn[nH]c1-c1ccc(F)cc1)c1ccc(F)c(F)c1. The minimum atomic E-state index is -0.978. The number of rotatable bonds is 4. The van der Waals surface area contributed by atoms with E-state index in [-0.39, 0.29) is 11.4 Å². The summed E-state index contributed by atoms with van der Waals surface area (Å²) in [5.74, 6) is -2.75.